The van der Waals surface area contributed by atoms with Crippen molar-refractivity contribution in [2.24, 2.45) is 0 Å². The lowest BCUT2D eigenvalue weighted by atomic mass is 10.2. The number of halogens is 3. The Bertz CT molecular complexity index is 1140. The Morgan fingerprint density at radius 2 is 1.69 bits per heavy atom. The van der Waals surface area contributed by atoms with Crippen LogP contribution < -0.4 is 5.32 Å². The molecule has 2 heterocycles. The average Bonchev–Trinajstić information content (AvgIpc) is 2.93. The number of pyridine rings is 1. The van der Waals surface area contributed by atoms with Crippen LogP contribution in [0.25, 0.3) is 10.9 Å². The average molecular weight is 414 g/mol. The van der Waals surface area contributed by atoms with Gasteiger partial charge in [-0.2, -0.15) is 0 Å². The third-order valence-corrected chi connectivity index (χ3v) is 5.15. The maximum Gasteiger partial charge on any atom is 0.150 e. The lowest BCUT2D eigenvalue weighted by Crippen LogP contribution is -2.07. The second-order valence-electron chi connectivity index (χ2n) is 6.96. The first-order valence-corrected chi connectivity index (χ1v) is 9.20. The number of benzene rings is 2. The van der Waals surface area contributed by atoms with Crippen molar-refractivity contribution in [2.75, 3.05) is 5.32 Å². The number of nitrogens with zero attached hydrogens (tertiary/aromatic N) is 2. The van der Waals surface area contributed by atoms with Gasteiger partial charge in [0.25, 0.3) is 0 Å². The van der Waals surface area contributed by atoms with Crippen LogP contribution in [-0.2, 0) is 13.1 Å². The summed E-state index contributed by atoms with van der Waals surface area (Å²) in [6, 6.07) is 15.1. The van der Waals surface area contributed by atoms with Crippen molar-refractivity contribution in [3.63, 3.8) is 0 Å². The SMILES string of the molecule is Cc1c(C)n(Cc2cccc(F)c2)c2c(NCc3ccc(F)cc3)nccc12.Cl. The Balaban J connectivity index is 0.00000240. The van der Waals surface area contributed by atoms with Crippen LogP contribution in [0, 0.1) is 25.5 Å². The number of anilines is 1. The molecule has 150 valence electrons. The summed E-state index contributed by atoms with van der Waals surface area (Å²) in [5, 5.41) is 4.49. The zero-order valence-electron chi connectivity index (χ0n) is 16.2. The summed E-state index contributed by atoms with van der Waals surface area (Å²) in [5.74, 6) is 0.268. The van der Waals surface area contributed by atoms with E-state index in [-0.39, 0.29) is 24.0 Å². The van der Waals surface area contributed by atoms with Crippen LogP contribution in [-0.4, -0.2) is 9.55 Å². The molecule has 2 aromatic heterocycles. The maximum absolute atomic E-state index is 13.6. The molecule has 29 heavy (non-hydrogen) atoms. The molecule has 0 saturated carbocycles. The van der Waals surface area contributed by atoms with Gasteiger partial charge in [-0.25, -0.2) is 13.8 Å². The van der Waals surface area contributed by atoms with Crippen molar-refractivity contribution < 1.29 is 8.78 Å². The standard InChI is InChI=1S/C23H21F2N3.ClH/c1-15-16(2)28(14-18-4-3-5-20(25)12-18)22-21(15)10-11-26-23(22)27-13-17-6-8-19(24)9-7-17;/h3-12H,13-14H2,1-2H3,(H,26,27);1H. The molecule has 0 saturated heterocycles. The molecule has 0 atom stereocenters. The highest BCUT2D eigenvalue weighted by molar-refractivity contribution is 5.93. The fraction of sp³-hybridized carbons (Fsp3) is 0.174. The van der Waals surface area contributed by atoms with E-state index in [1.54, 1.807) is 30.5 Å². The summed E-state index contributed by atoms with van der Waals surface area (Å²) in [7, 11) is 0. The van der Waals surface area contributed by atoms with Crippen molar-refractivity contribution in [3.05, 3.63) is 94.8 Å². The minimum absolute atomic E-state index is 0. The van der Waals surface area contributed by atoms with E-state index >= 15 is 0 Å². The van der Waals surface area contributed by atoms with Crippen LogP contribution in [0.1, 0.15) is 22.4 Å². The molecule has 0 aliphatic carbocycles. The zero-order valence-corrected chi connectivity index (χ0v) is 17.1. The topological polar surface area (TPSA) is 29.9 Å². The van der Waals surface area contributed by atoms with Crippen molar-refractivity contribution >= 4 is 29.1 Å². The minimum Gasteiger partial charge on any atom is -0.364 e. The predicted octanol–water partition coefficient (Wildman–Crippen LogP) is 6.01. The molecule has 0 unspecified atom stereocenters. The first-order valence-electron chi connectivity index (χ1n) is 9.20. The van der Waals surface area contributed by atoms with E-state index < -0.39 is 0 Å². The quantitative estimate of drug-likeness (QED) is 0.434. The largest absolute Gasteiger partial charge is 0.364 e. The van der Waals surface area contributed by atoms with E-state index in [0.717, 1.165) is 33.5 Å². The monoisotopic (exact) mass is 413 g/mol. The van der Waals surface area contributed by atoms with Crippen molar-refractivity contribution in [1.29, 1.82) is 0 Å². The molecule has 0 aliphatic heterocycles. The second kappa shape index (κ2) is 8.62. The fourth-order valence-electron chi connectivity index (χ4n) is 3.53. The van der Waals surface area contributed by atoms with Gasteiger partial charge in [-0.05, 0) is 60.9 Å². The van der Waals surface area contributed by atoms with Gasteiger partial charge < -0.3 is 9.88 Å². The molecule has 0 fully saturated rings. The Kier molecular flexibility index (Phi) is 6.18. The normalized spacial score (nSPS) is 10.8. The minimum atomic E-state index is -0.251. The number of hydrogen-bond acceptors (Lipinski definition) is 2. The maximum atomic E-state index is 13.6. The molecular formula is C23H22ClF2N3. The lowest BCUT2D eigenvalue weighted by Gasteiger charge is -2.13. The van der Waals surface area contributed by atoms with E-state index in [1.165, 1.54) is 23.8 Å². The van der Waals surface area contributed by atoms with Gasteiger partial charge in [0.2, 0.25) is 0 Å². The van der Waals surface area contributed by atoms with Crippen LogP contribution >= 0.6 is 12.4 Å². The zero-order chi connectivity index (χ0) is 19.7. The van der Waals surface area contributed by atoms with E-state index in [4.69, 9.17) is 0 Å². The highest BCUT2D eigenvalue weighted by Gasteiger charge is 2.15. The summed E-state index contributed by atoms with van der Waals surface area (Å²) in [5.41, 5.74) is 5.16. The van der Waals surface area contributed by atoms with Gasteiger partial charge in [0.1, 0.15) is 11.6 Å². The third kappa shape index (κ3) is 4.25. The highest BCUT2D eigenvalue weighted by Crippen LogP contribution is 2.30. The van der Waals surface area contributed by atoms with Crippen molar-refractivity contribution in [3.8, 4) is 0 Å². The molecule has 4 aromatic rings. The van der Waals surface area contributed by atoms with E-state index in [9.17, 15) is 8.78 Å². The number of fused-ring (bicyclic) bond motifs is 1. The lowest BCUT2D eigenvalue weighted by molar-refractivity contribution is 0.623. The molecule has 1 N–H and O–H groups in total. The van der Waals surface area contributed by atoms with Crippen molar-refractivity contribution in [2.45, 2.75) is 26.9 Å². The van der Waals surface area contributed by atoms with Gasteiger partial charge in [-0.15, -0.1) is 12.4 Å². The Labute approximate surface area is 174 Å². The Morgan fingerprint density at radius 3 is 2.41 bits per heavy atom. The van der Waals surface area contributed by atoms with E-state index in [2.05, 4.69) is 28.7 Å². The number of aromatic nitrogens is 2. The first-order chi connectivity index (χ1) is 13.5. The number of aryl methyl sites for hydroxylation is 1. The molecule has 6 heteroatoms. The number of hydrogen-bond donors (Lipinski definition) is 1. The Morgan fingerprint density at radius 1 is 0.931 bits per heavy atom. The van der Waals surface area contributed by atoms with Gasteiger partial charge in [0.15, 0.2) is 5.82 Å². The van der Waals surface area contributed by atoms with E-state index in [1.807, 2.05) is 12.1 Å². The molecule has 0 amide bonds. The van der Waals surface area contributed by atoms with Gasteiger partial charge in [0.05, 0.1) is 5.52 Å². The van der Waals surface area contributed by atoms with Gasteiger partial charge >= 0.3 is 0 Å². The van der Waals surface area contributed by atoms with Crippen LogP contribution in [0.15, 0.2) is 60.8 Å². The molecule has 0 radical (unpaired) electrons. The third-order valence-electron chi connectivity index (χ3n) is 5.15. The summed E-state index contributed by atoms with van der Waals surface area (Å²) in [6.07, 6.45) is 1.79. The summed E-state index contributed by atoms with van der Waals surface area (Å²) < 4.78 is 28.9. The highest BCUT2D eigenvalue weighted by atomic mass is 35.5. The van der Waals surface area contributed by atoms with Gasteiger partial charge in [-0.3, -0.25) is 0 Å². The molecule has 3 nitrogen and oxygen atoms in total. The molecule has 2 aromatic carbocycles. The van der Waals surface area contributed by atoms with Crippen molar-refractivity contribution in [1.82, 2.24) is 9.55 Å². The first kappa shape index (κ1) is 20.8. The van der Waals surface area contributed by atoms with Crippen LogP contribution in [0.2, 0.25) is 0 Å². The smallest absolute Gasteiger partial charge is 0.150 e. The summed E-state index contributed by atoms with van der Waals surface area (Å²) >= 11 is 0. The predicted molar refractivity (Wildman–Crippen MR) is 116 cm³/mol. The van der Waals surface area contributed by atoms with E-state index in [0.29, 0.717) is 13.1 Å². The molecule has 4 rings (SSSR count). The molecular weight excluding hydrogens is 392 g/mol. The second-order valence-corrected chi connectivity index (χ2v) is 6.96. The molecule has 0 aliphatic rings. The summed E-state index contributed by atoms with van der Waals surface area (Å²) in [6.45, 7) is 5.25. The van der Waals surface area contributed by atoms with Gasteiger partial charge in [0, 0.05) is 30.4 Å². The number of rotatable bonds is 5. The van der Waals surface area contributed by atoms with Crippen LogP contribution in [0.3, 0.4) is 0 Å². The van der Waals surface area contributed by atoms with Crippen LogP contribution in [0.5, 0.6) is 0 Å². The van der Waals surface area contributed by atoms with Gasteiger partial charge in [-0.1, -0.05) is 24.3 Å². The fourth-order valence-corrected chi connectivity index (χ4v) is 3.53. The number of nitrogens with one attached hydrogen (secondary N) is 1. The summed E-state index contributed by atoms with van der Waals surface area (Å²) in [4.78, 5) is 4.53. The Hall–Kier alpha value is -2.92. The van der Waals surface area contributed by atoms with Crippen LogP contribution in [0.4, 0.5) is 14.6 Å². The molecule has 0 spiro atoms. The molecule has 0 bridgehead atoms.